The summed E-state index contributed by atoms with van der Waals surface area (Å²) in [5.74, 6) is 0.742. The summed E-state index contributed by atoms with van der Waals surface area (Å²) in [7, 11) is -1.67. The summed E-state index contributed by atoms with van der Waals surface area (Å²) in [6.07, 6.45) is 0.763. The van der Waals surface area contributed by atoms with Gasteiger partial charge in [0.15, 0.2) is 5.96 Å². The molecule has 0 bridgehead atoms. The van der Waals surface area contributed by atoms with Crippen LogP contribution in [0, 0.1) is 5.41 Å². The maximum Gasteiger partial charge on any atom is 0.252 e. The molecule has 0 aliphatic carbocycles. The van der Waals surface area contributed by atoms with Gasteiger partial charge in [0.25, 0.3) is 10.0 Å². The Hall–Kier alpha value is -0.430. The van der Waals surface area contributed by atoms with Crippen LogP contribution >= 0.6 is 35.3 Å². The van der Waals surface area contributed by atoms with E-state index in [2.05, 4.69) is 36.4 Å². The maximum absolute atomic E-state index is 12.6. The van der Waals surface area contributed by atoms with Gasteiger partial charge in [0.1, 0.15) is 4.21 Å². The Kier molecular flexibility index (Phi) is 13.7. The minimum atomic E-state index is -3.38. The number of nitrogens with one attached hydrogen (secondary N) is 2. The number of thiophene rings is 1. The minimum absolute atomic E-state index is 0. The highest BCUT2D eigenvalue weighted by atomic mass is 127. The van der Waals surface area contributed by atoms with Gasteiger partial charge in [-0.05, 0) is 30.9 Å². The van der Waals surface area contributed by atoms with E-state index in [1.807, 2.05) is 26.8 Å². The highest BCUT2D eigenvalue weighted by Gasteiger charge is 2.24. The second-order valence-electron chi connectivity index (χ2n) is 7.80. The second kappa shape index (κ2) is 13.9. The fourth-order valence-electron chi connectivity index (χ4n) is 2.84. The number of aliphatic imine (C=N–C) groups is 1. The summed E-state index contributed by atoms with van der Waals surface area (Å²) in [5.41, 5.74) is 0.0132. The molecule has 0 aromatic carbocycles. The first-order chi connectivity index (χ1) is 13.6. The van der Waals surface area contributed by atoms with Gasteiger partial charge in [0, 0.05) is 38.2 Å². The molecule has 2 N–H and O–H groups in total. The van der Waals surface area contributed by atoms with Crippen LogP contribution in [0.2, 0.25) is 0 Å². The number of guanidine groups is 1. The van der Waals surface area contributed by atoms with Crippen LogP contribution in [-0.2, 0) is 21.2 Å². The average molecular weight is 575 g/mol. The van der Waals surface area contributed by atoms with E-state index >= 15 is 0 Å². The normalized spacial score (nSPS) is 13.8. The van der Waals surface area contributed by atoms with Crippen LogP contribution in [0.25, 0.3) is 0 Å². The number of ether oxygens (including phenoxy) is 1. The Labute approximate surface area is 204 Å². The predicted molar refractivity (Wildman–Crippen MR) is 138 cm³/mol. The van der Waals surface area contributed by atoms with Gasteiger partial charge >= 0.3 is 0 Å². The number of rotatable bonds is 11. The van der Waals surface area contributed by atoms with Crippen molar-refractivity contribution in [2.24, 2.45) is 10.4 Å². The van der Waals surface area contributed by atoms with Gasteiger partial charge in [-0.25, -0.2) is 8.42 Å². The fourth-order valence-corrected chi connectivity index (χ4v) is 5.81. The summed E-state index contributed by atoms with van der Waals surface area (Å²) in [5, 5.41) is 6.57. The van der Waals surface area contributed by atoms with Crippen molar-refractivity contribution in [1.29, 1.82) is 0 Å². The zero-order valence-electron chi connectivity index (χ0n) is 19.3. The van der Waals surface area contributed by atoms with Gasteiger partial charge in [-0.3, -0.25) is 4.99 Å². The average Bonchev–Trinajstić information content (AvgIpc) is 3.11. The lowest BCUT2D eigenvalue weighted by Crippen LogP contribution is -2.40. The highest BCUT2D eigenvalue weighted by molar-refractivity contribution is 14.0. The number of sulfonamides is 1. The van der Waals surface area contributed by atoms with Crippen molar-refractivity contribution in [3.8, 4) is 0 Å². The maximum atomic E-state index is 12.6. The number of halogens is 1. The zero-order chi connectivity index (χ0) is 22.1. The summed E-state index contributed by atoms with van der Waals surface area (Å²) in [6, 6.07) is 3.60. The van der Waals surface area contributed by atoms with Crippen molar-refractivity contribution in [3.05, 3.63) is 17.0 Å². The largest absolute Gasteiger partial charge is 0.379 e. The monoisotopic (exact) mass is 574 g/mol. The summed E-state index contributed by atoms with van der Waals surface area (Å²) >= 11 is 1.34. The molecule has 0 radical (unpaired) electrons. The molecule has 176 valence electrons. The molecule has 0 fully saturated rings. The van der Waals surface area contributed by atoms with Gasteiger partial charge in [-0.2, -0.15) is 4.31 Å². The fraction of sp³-hybridized carbons (Fsp3) is 0.750. The summed E-state index contributed by atoms with van der Waals surface area (Å²) < 4.78 is 32.7. The van der Waals surface area contributed by atoms with Crippen LogP contribution in [0.3, 0.4) is 0 Å². The zero-order valence-corrected chi connectivity index (χ0v) is 23.3. The molecule has 0 saturated carbocycles. The number of methoxy groups -OCH3 is 1. The molecule has 1 aromatic rings. The third-order valence-electron chi connectivity index (χ3n) is 4.61. The third kappa shape index (κ3) is 8.97. The van der Waals surface area contributed by atoms with Crippen molar-refractivity contribution >= 4 is 51.3 Å². The van der Waals surface area contributed by atoms with E-state index < -0.39 is 10.0 Å². The van der Waals surface area contributed by atoms with Crippen molar-refractivity contribution in [1.82, 2.24) is 14.9 Å². The standard InChI is InChI=1S/C20H38N4O3S2.HI/c1-8-21-19(23-15-17(27-7)20(4,5)6)22-14-13-16-11-12-18(28-16)29(25,26)24(9-2)10-3;/h11-12,17H,8-10,13-15H2,1-7H3,(H2,21,22,23);1H. The van der Waals surface area contributed by atoms with Crippen LogP contribution in [0.4, 0.5) is 0 Å². The smallest absolute Gasteiger partial charge is 0.252 e. The highest BCUT2D eigenvalue weighted by Crippen LogP contribution is 2.25. The lowest BCUT2D eigenvalue weighted by molar-refractivity contribution is 0.0241. The first-order valence-corrected chi connectivity index (χ1v) is 12.5. The topological polar surface area (TPSA) is 83.0 Å². The Morgan fingerprint density at radius 2 is 1.83 bits per heavy atom. The Morgan fingerprint density at radius 3 is 2.33 bits per heavy atom. The van der Waals surface area contributed by atoms with Crippen molar-refractivity contribution < 1.29 is 13.2 Å². The van der Waals surface area contributed by atoms with Gasteiger partial charge in [-0.15, -0.1) is 35.3 Å². The van der Waals surface area contributed by atoms with Crippen LogP contribution in [-0.4, -0.2) is 64.6 Å². The Bertz CT molecular complexity index is 741. The van der Waals surface area contributed by atoms with Crippen molar-refractivity contribution in [2.75, 3.05) is 39.8 Å². The van der Waals surface area contributed by atoms with Crippen LogP contribution in [0.15, 0.2) is 21.3 Å². The summed E-state index contributed by atoms with van der Waals surface area (Å²) in [6.45, 7) is 15.1. The first-order valence-electron chi connectivity index (χ1n) is 10.2. The van der Waals surface area contributed by atoms with Gasteiger partial charge in [-0.1, -0.05) is 34.6 Å². The van der Waals surface area contributed by atoms with Crippen LogP contribution < -0.4 is 10.6 Å². The van der Waals surface area contributed by atoms with Crippen molar-refractivity contribution in [3.63, 3.8) is 0 Å². The van der Waals surface area contributed by atoms with Crippen LogP contribution in [0.5, 0.6) is 0 Å². The number of nitrogens with zero attached hydrogens (tertiary/aromatic N) is 2. The predicted octanol–water partition coefficient (Wildman–Crippen LogP) is 3.56. The molecular formula is C20H39IN4O3S2. The molecule has 1 aromatic heterocycles. The molecule has 1 rings (SSSR count). The van der Waals surface area contributed by atoms with E-state index in [-0.39, 0.29) is 35.5 Å². The lowest BCUT2D eigenvalue weighted by Gasteiger charge is -2.28. The molecule has 0 amide bonds. The van der Waals surface area contributed by atoms with E-state index in [9.17, 15) is 8.42 Å². The van der Waals surface area contributed by atoms with E-state index in [4.69, 9.17) is 4.74 Å². The number of hydrogen-bond donors (Lipinski definition) is 2. The minimum Gasteiger partial charge on any atom is -0.379 e. The van der Waals surface area contributed by atoms with Gasteiger partial charge < -0.3 is 15.4 Å². The molecule has 1 atom stereocenters. The van der Waals surface area contributed by atoms with E-state index in [0.717, 1.165) is 23.8 Å². The van der Waals surface area contributed by atoms with E-state index in [1.54, 1.807) is 13.2 Å². The SMILES string of the molecule is CCNC(=NCC(OC)C(C)(C)C)NCCc1ccc(S(=O)(=O)N(CC)CC)s1.I. The first kappa shape index (κ1) is 29.6. The van der Waals surface area contributed by atoms with Crippen LogP contribution in [0.1, 0.15) is 46.4 Å². The molecule has 0 saturated heterocycles. The molecular weight excluding hydrogens is 535 g/mol. The molecule has 30 heavy (non-hydrogen) atoms. The Morgan fingerprint density at radius 1 is 1.20 bits per heavy atom. The molecule has 0 aliphatic rings. The quantitative estimate of drug-likeness (QED) is 0.240. The molecule has 7 nitrogen and oxygen atoms in total. The second-order valence-corrected chi connectivity index (χ2v) is 11.1. The Balaban J connectivity index is 0.00000841. The van der Waals surface area contributed by atoms with E-state index in [1.165, 1.54) is 15.6 Å². The molecule has 1 unspecified atom stereocenters. The number of hydrogen-bond acceptors (Lipinski definition) is 5. The third-order valence-corrected chi connectivity index (χ3v) is 8.27. The summed E-state index contributed by atoms with van der Waals surface area (Å²) in [4.78, 5) is 5.67. The van der Waals surface area contributed by atoms with Gasteiger partial charge in [0.2, 0.25) is 0 Å². The van der Waals surface area contributed by atoms with Crippen molar-refractivity contribution in [2.45, 2.75) is 58.3 Å². The molecule has 0 aliphatic heterocycles. The van der Waals surface area contributed by atoms with E-state index in [0.29, 0.717) is 30.4 Å². The molecule has 1 heterocycles. The van der Waals surface area contributed by atoms with Gasteiger partial charge in [0.05, 0.1) is 12.6 Å². The molecule has 10 heteroatoms. The molecule has 0 spiro atoms. The lowest BCUT2D eigenvalue weighted by atomic mass is 9.89.